The van der Waals surface area contributed by atoms with Gasteiger partial charge in [-0.2, -0.15) is 0 Å². The van der Waals surface area contributed by atoms with Crippen LogP contribution in [0.2, 0.25) is 0 Å². The molecule has 0 N–H and O–H groups in total. The first-order valence-electron chi connectivity index (χ1n) is 13.7. The summed E-state index contributed by atoms with van der Waals surface area (Å²) in [4.78, 5) is 0. The maximum atomic E-state index is 11.8. The van der Waals surface area contributed by atoms with Crippen LogP contribution in [0.4, 0.5) is 0 Å². The van der Waals surface area contributed by atoms with Crippen LogP contribution in [-0.2, 0) is 10.8 Å². The van der Waals surface area contributed by atoms with E-state index in [2.05, 4.69) is 55.4 Å². The highest BCUT2D eigenvalue weighted by Gasteiger charge is 2.20. The molecule has 34 heavy (non-hydrogen) atoms. The van der Waals surface area contributed by atoms with Crippen LogP contribution >= 0.6 is 0 Å². The number of rotatable bonds is 8. The zero-order valence-electron chi connectivity index (χ0n) is 25.5. The Morgan fingerprint density at radius 3 is 1.00 bits per heavy atom. The Hall–Kier alpha value is -1.26. The van der Waals surface area contributed by atoms with E-state index in [0.717, 1.165) is 5.56 Å². The van der Waals surface area contributed by atoms with Gasteiger partial charge in [0.15, 0.2) is 0 Å². The maximum absolute atomic E-state index is 11.8. The summed E-state index contributed by atoms with van der Waals surface area (Å²) in [5, 5.41) is 23.4. The summed E-state index contributed by atoms with van der Waals surface area (Å²) in [6, 6.07) is 3.35. The molecule has 0 bridgehead atoms. The molecule has 1 rings (SSSR count). The van der Waals surface area contributed by atoms with Crippen LogP contribution in [0.3, 0.4) is 0 Å². The van der Waals surface area contributed by atoms with Gasteiger partial charge in [-0.3, -0.25) is 0 Å². The normalized spacial score (nSPS) is 12.4. The van der Waals surface area contributed by atoms with Crippen LogP contribution in [0, 0.1) is 0 Å². The molecule has 4 nitrogen and oxygen atoms in total. The number of hydrogen-bond donors (Lipinski definition) is 0. The fourth-order valence-corrected chi connectivity index (χ4v) is 4.28. The van der Waals surface area contributed by atoms with E-state index in [1.807, 2.05) is 47.6 Å². The Balaban J connectivity index is 0. The minimum absolute atomic E-state index is 0.104. The lowest BCUT2D eigenvalue weighted by molar-refractivity contribution is -0.921. The molecule has 0 aromatic heterocycles. The van der Waals surface area contributed by atoms with Gasteiger partial charge in [0, 0.05) is 0 Å². The molecule has 202 valence electrons. The molecule has 0 aliphatic carbocycles. The largest absolute Gasteiger partial charge is 0.873 e. The average Bonchev–Trinajstić information content (AvgIpc) is 2.79. The van der Waals surface area contributed by atoms with Gasteiger partial charge in [-0.05, 0) is 71.8 Å². The van der Waals surface area contributed by atoms with Crippen LogP contribution in [0.1, 0.15) is 108 Å². The molecule has 0 saturated carbocycles. The summed E-state index contributed by atoms with van der Waals surface area (Å²) >= 11 is 0. The van der Waals surface area contributed by atoms with E-state index in [-0.39, 0.29) is 16.6 Å². The summed E-state index contributed by atoms with van der Waals surface area (Å²) in [6.07, 6.45) is 0. The standard InChI is InChI=1S/C14H22O2.2C8H20N/c1-13(2,3)9-7-10(14(4,5)6)12(16)11(15)8-9;2*1-5-9(6-2,7-3)8-4/h7-8,15-16H,1-6H3;2*5-8H2,1-4H3/q;2*+1/p-2. The minimum atomic E-state index is -0.391. The Kier molecular flexibility index (Phi) is 15.4. The van der Waals surface area contributed by atoms with Crippen LogP contribution in [0.25, 0.3) is 0 Å². The lowest BCUT2D eigenvalue weighted by Gasteiger charge is -2.34. The van der Waals surface area contributed by atoms with Crippen molar-refractivity contribution in [1.82, 2.24) is 0 Å². The maximum Gasteiger partial charge on any atom is 0.0757 e. The van der Waals surface area contributed by atoms with Crippen LogP contribution in [0.15, 0.2) is 12.1 Å². The SMILES string of the molecule is CC(C)(C)c1cc([O-])c([O-])c(C(C)(C)C)c1.CC[N+](CC)(CC)CC.CC[N+](CC)(CC)CC. The molecule has 0 unspecified atom stereocenters. The van der Waals surface area contributed by atoms with E-state index in [1.165, 1.54) is 67.4 Å². The van der Waals surface area contributed by atoms with E-state index in [0.29, 0.717) is 5.56 Å². The second kappa shape index (κ2) is 15.0. The third-order valence-corrected chi connectivity index (χ3v) is 8.10. The predicted molar refractivity (Wildman–Crippen MR) is 148 cm³/mol. The van der Waals surface area contributed by atoms with E-state index < -0.39 is 5.75 Å². The molecule has 0 radical (unpaired) electrons. The van der Waals surface area contributed by atoms with Crippen molar-refractivity contribution in [2.45, 2.75) is 108 Å². The molecule has 0 atom stereocenters. The van der Waals surface area contributed by atoms with Gasteiger partial charge >= 0.3 is 0 Å². The molecule has 0 saturated heterocycles. The van der Waals surface area contributed by atoms with E-state index >= 15 is 0 Å². The number of hydrogen-bond acceptors (Lipinski definition) is 2. The highest BCUT2D eigenvalue weighted by molar-refractivity contribution is 5.50. The Morgan fingerprint density at radius 1 is 0.529 bits per heavy atom. The summed E-state index contributed by atoms with van der Waals surface area (Å²) in [6.45, 7) is 40.4. The molecular formula is C30H60N2O2. The second-order valence-corrected chi connectivity index (χ2v) is 11.6. The van der Waals surface area contributed by atoms with Crippen molar-refractivity contribution >= 4 is 0 Å². The first-order valence-corrected chi connectivity index (χ1v) is 13.7. The van der Waals surface area contributed by atoms with Gasteiger partial charge in [0.1, 0.15) is 0 Å². The third kappa shape index (κ3) is 10.6. The van der Waals surface area contributed by atoms with Crippen LogP contribution in [-0.4, -0.2) is 61.3 Å². The number of benzene rings is 1. The topological polar surface area (TPSA) is 46.1 Å². The molecule has 4 heteroatoms. The molecule has 0 amide bonds. The molecule has 0 fully saturated rings. The molecule has 1 aromatic rings. The Bertz CT molecular complexity index is 621. The number of nitrogens with zero attached hydrogens (tertiary/aromatic N) is 2. The van der Waals surface area contributed by atoms with Crippen molar-refractivity contribution in [3.05, 3.63) is 23.3 Å². The quantitative estimate of drug-likeness (QED) is 0.416. The first-order chi connectivity index (χ1) is 15.5. The van der Waals surface area contributed by atoms with Crippen LogP contribution < -0.4 is 10.2 Å². The Labute approximate surface area is 214 Å². The van der Waals surface area contributed by atoms with Crippen molar-refractivity contribution in [2.75, 3.05) is 52.4 Å². The zero-order chi connectivity index (χ0) is 27.4. The molecule has 1 aromatic carbocycles. The predicted octanol–water partition coefficient (Wildman–Crippen LogP) is 6.19. The summed E-state index contributed by atoms with van der Waals surface area (Å²) in [5.41, 5.74) is 1.16. The monoisotopic (exact) mass is 480 g/mol. The summed E-state index contributed by atoms with van der Waals surface area (Å²) < 4.78 is 2.56. The zero-order valence-corrected chi connectivity index (χ0v) is 25.5. The fraction of sp³-hybridized carbons (Fsp3) is 0.800. The van der Waals surface area contributed by atoms with E-state index in [4.69, 9.17) is 0 Å². The molecular weight excluding hydrogens is 420 g/mol. The van der Waals surface area contributed by atoms with Crippen molar-refractivity contribution in [2.24, 2.45) is 0 Å². The molecule has 0 aliphatic heterocycles. The van der Waals surface area contributed by atoms with Gasteiger partial charge in [-0.1, -0.05) is 59.2 Å². The van der Waals surface area contributed by atoms with Gasteiger partial charge in [0.25, 0.3) is 0 Å². The van der Waals surface area contributed by atoms with Crippen molar-refractivity contribution in [3.8, 4) is 11.5 Å². The smallest absolute Gasteiger partial charge is 0.0757 e. The van der Waals surface area contributed by atoms with Crippen molar-refractivity contribution in [1.29, 1.82) is 0 Å². The van der Waals surface area contributed by atoms with Crippen LogP contribution in [0.5, 0.6) is 11.5 Å². The summed E-state index contributed by atoms with van der Waals surface area (Å²) in [5.74, 6) is -0.752. The van der Waals surface area contributed by atoms with E-state index in [1.54, 1.807) is 0 Å². The van der Waals surface area contributed by atoms with Crippen molar-refractivity contribution in [3.63, 3.8) is 0 Å². The van der Waals surface area contributed by atoms with Crippen molar-refractivity contribution < 1.29 is 19.2 Å². The highest BCUT2D eigenvalue weighted by Crippen LogP contribution is 2.37. The van der Waals surface area contributed by atoms with Gasteiger partial charge in [0.2, 0.25) is 0 Å². The first kappa shape index (κ1) is 34.9. The van der Waals surface area contributed by atoms with Gasteiger partial charge in [-0.15, -0.1) is 11.5 Å². The number of quaternary nitrogens is 2. The molecule has 0 heterocycles. The molecule has 0 spiro atoms. The van der Waals surface area contributed by atoms with Gasteiger partial charge in [0.05, 0.1) is 52.4 Å². The fourth-order valence-electron chi connectivity index (χ4n) is 4.28. The second-order valence-electron chi connectivity index (χ2n) is 11.6. The lowest BCUT2D eigenvalue weighted by Crippen LogP contribution is -2.47. The average molecular weight is 481 g/mol. The Morgan fingerprint density at radius 2 is 0.824 bits per heavy atom. The lowest BCUT2D eigenvalue weighted by atomic mass is 9.80. The van der Waals surface area contributed by atoms with Gasteiger partial charge < -0.3 is 19.2 Å². The minimum Gasteiger partial charge on any atom is -0.873 e. The third-order valence-electron chi connectivity index (χ3n) is 8.10. The summed E-state index contributed by atoms with van der Waals surface area (Å²) in [7, 11) is 0. The highest BCUT2D eigenvalue weighted by atomic mass is 16.3. The van der Waals surface area contributed by atoms with E-state index in [9.17, 15) is 10.2 Å². The molecule has 0 aliphatic rings. The van der Waals surface area contributed by atoms with Gasteiger partial charge in [-0.25, -0.2) is 0 Å².